The molecule has 156 valence electrons. The van der Waals surface area contributed by atoms with Crippen molar-refractivity contribution in [3.63, 3.8) is 0 Å². The Balaban J connectivity index is 1.36. The molecule has 2 aliphatic carbocycles. The van der Waals surface area contributed by atoms with E-state index in [1.807, 2.05) is 12.1 Å². The lowest BCUT2D eigenvalue weighted by molar-refractivity contribution is 0.0988. The molecule has 4 rings (SSSR count). The van der Waals surface area contributed by atoms with Gasteiger partial charge in [-0.25, -0.2) is 10.1 Å². The van der Waals surface area contributed by atoms with Gasteiger partial charge >= 0.3 is 10.3 Å². The first kappa shape index (κ1) is 20.1. The number of aliphatic hydroxyl groups is 1. The molecule has 0 bridgehead atoms. The molecule has 4 N–H and O–H groups in total. The standard InChI is InChI=1S/C20H25N3O5S/c21-29(25,26)27-12-14-9-16(10-19(14)24)28-15-7-8-22-20(11-15)23-18-6-5-13-3-1-2-4-17(13)18/h1-4,7-8,11,14,16,18-19,24H,5-6,9-10,12H2,(H,22,23)(H2,21,25,26)/t14-,16+,18?,19-/m0/s1. The predicted octanol–water partition coefficient (Wildman–Crippen LogP) is 1.92. The summed E-state index contributed by atoms with van der Waals surface area (Å²) in [6.45, 7) is -0.149. The van der Waals surface area contributed by atoms with Gasteiger partial charge < -0.3 is 15.2 Å². The highest BCUT2D eigenvalue weighted by Crippen LogP contribution is 2.34. The summed E-state index contributed by atoms with van der Waals surface area (Å²) >= 11 is 0. The summed E-state index contributed by atoms with van der Waals surface area (Å²) in [5.74, 6) is 1.05. The van der Waals surface area contributed by atoms with Gasteiger partial charge in [0, 0.05) is 24.6 Å². The molecule has 1 saturated carbocycles. The number of pyridine rings is 1. The van der Waals surface area contributed by atoms with Crippen LogP contribution in [-0.2, 0) is 20.9 Å². The normalized spacial score (nSPS) is 26.3. The van der Waals surface area contributed by atoms with Crippen LogP contribution in [0.1, 0.15) is 36.4 Å². The van der Waals surface area contributed by atoms with Crippen molar-refractivity contribution in [3.05, 3.63) is 53.7 Å². The number of rotatable bonds is 7. The lowest BCUT2D eigenvalue weighted by atomic mass is 10.1. The van der Waals surface area contributed by atoms with Crippen LogP contribution in [0.25, 0.3) is 0 Å². The second-order valence-corrected chi connectivity index (χ2v) is 8.85. The monoisotopic (exact) mass is 419 g/mol. The molecule has 8 nitrogen and oxygen atoms in total. The maximum Gasteiger partial charge on any atom is 0.333 e. The molecule has 1 fully saturated rings. The minimum absolute atomic E-state index is 0.149. The fourth-order valence-corrected chi connectivity index (χ4v) is 4.52. The van der Waals surface area contributed by atoms with E-state index < -0.39 is 16.4 Å². The summed E-state index contributed by atoms with van der Waals surface area (Å²) < 4.78 is 32.5. The number of hydrogen-bond acceptors (Lipinski definition) is 7. The fraction of sp³-hybridized carbons (Fsp3) is 0.450. The Labute approximate surface area is 170 Å². The number of hydrogen-bond donors (Lipinski definition) is 3. The van der Waals surface area contributed by atoms with Crippen LogP contribution in [0.2, 0.25) is 0 Å². The zero-order chi connectivity index (χ0) is 20.4. The van der Waals surface area contributed by atoms with Gasteiger partial charge in [-0.1, -0.05) is 24.3 Å². The van der Waals surface area contributed by atoms with Gasteiger partial charge in [0.2, 0.25) is 0 Å². The summed E-state index contributed by atoms with van der Waals surface area (Å²) in [4.78, 5) is 4.40. The summed E-state index contributed by atoms with van der Waals surface area (Å²) in [7, 11) is -4.02. The van der Waals surface area contributed by atoms with Gasteiger partial charge in [-0.05, 0) is 36.5 Å². The number of nitrogens with two attached hydrogens (primary N) is 1. The number of fused-ring (bicyclic) bond motifs is 1. The van der Waals surface area contributed by atoms with Crippen molar-refractivity contribution >= 4 is 16.1 Å². The average molecular weight is 420 g/mol. The zero-order valence-corrected chi connectivity index (χ0v) is 16.7. The maximum absolute atomic E-state index is 11.0. The predicted molar refractivity (Wildman–Crippen MR) is 108 cm³/mol. The number of aliphatic hydroxyl groups excluding tert-OH is 1. The van der Waals surface area contributed by atoms with Crippen LogP contribution < -0.4 is 15.2 Å². The molecule has 0 aliphatic heterocycles. The van der Waals surface area contributed by atoms with E-state index in [0.717, 1.165) is 18.7 Å². The molecule has 4 atom stereocenters. The van der Waals surface area contributed by atoms with E-state index in [-0.39, 0.29) is 24.7 Å². The van der Waals surface area contributed by atoms with E-state index in [1.54, 1.807) is 12.3 Å². The van der Waals surface area contributed by atoms with E-state index >= 15 is 0 Å². The van der Waals surface area contributed by atoms with Crippen molar-refractivity contribution in [2.45, 2.75) is 43.9 Å². The van der Waals surface area contributed by atoms with Crippen LogP contribution in [0.5, 0.6) is 5.75 Å². The Bertz CT molecular complexity index is 968. The lowest BCUT2D eigenvalue weighted by Crippen LogP contribution is -2.24. The van der Waals surface area contributed by atoms with E-state index in [0.29, 0.717) is 18.6 Å². The number of aromatic nitrogens is 1. The zero-order valence-electron chi connectivity index (χ0n) is 15.9. The van der Waals surface area contributed by atoms with Crippen LogP contribution in [-0.4, -0.2) is 37.3 Å². The van der Waals surface area contributed by atoms with Gasteiger partial charge in [0.15, 0.2) is 0 Å². The highest BCUT2D eigenvalue weighted by atomic mass is 32.2. The first-order valence-corrected chi connectivity index (χ1v) is 11.2. The van der Waals surface area contributed by atoms with Gasteiger partial charge in [0.05, 0.1) is 18.8 Å². The number of anilines is 1. The molecule has 1 heterocycles. The molecule has 0 spiro atoms. The van der Waals surface area contributed by atoms with E-state index in [2.05, 4.69) is 32.7 Å². The quantitative estimate of drug-likeness (QED) is 0.626. The Morgan fingerprint density at radius 1 is 1.24 bits per heavy atom. The second kappa shape index (κ2) is 8.27. The van der Waals surface area contributed by atoms with Gasteiger partial charge in [-0.2, -0.15) is 8.42 Å². The van der Waals surface area contributed by atoms with E-state index in [1.165, 1.54) is 11.1 Å². The highest BCUT2D eigenvalue weighted by Gasteiger charge is 2.35. The van der Waals surface area contributed by atoms with Gasteiger partial charge in [0.1, 0.15) is 17.7 Å². The minimum Gasteiger partial charge on any atom is -0.490 e. The lowest BCUT2D eigenvalue weighted by Gasteiger charge is -2.17. The molecular formula is C20H25N3O5S. The highest BCUT2D eigenvalue weighted by molar-refractivity contribution is 7.84. The summed E-state index contributed by atoms with van der Waals surface area (Å²) in [5.41, 5.74) is 2.67. The molecule has 2 aromatic rings. The van der Waals surface area contributed by atoms with Crippen LogP contribution in [0.3, 0.4) is 0 Å². The SMILES string of the molecule is NS(=O)(=O)OC[C@@H]1C[C@@H](Oc2ccnc(NC3CCc4ccccc43)c2)C[C@@H]1O. The third kappa shape index (κ3) is 5.05. The van der Waals surface area contributed by atoms with Crippen LogP contribution in [0.15, 0.2) is 42.6 Å². The average Bonchev–Trinajstić information content (AvgIpc) is 3.23. The number of ether oxygens (including phenoxy) is 1. The number of nitrogens with one attached hydrogen (secondary N) is 1. The third-order valence-corrected chi connectivity index (χ3v) is 6.01. The fourth-order valence-electron chi connectivity index (χ4n) is 4.15. The molecule has 1 aromatic carbocycles. The molecule has 1 aromatic heterocycles. The van der Waals surface area contributed by atoms with E-state index in [9.17, 15) is 13.5 Å². The number of benzene rings is 1. The first-order valence-electron chi connectivity index (χ1n) is 9.69. The number of nitrogens with zero attached hydrogens (tertiary/aromatic N) is 1. The van der Waals surface area contributed by atoms with Crippen LogP contribution >= 0.6 is 0 Å². The van der Waals surface area contributed by atoms with Crippen molar-refractivity contribution in [3.8, 4) is 5.75 Å². The summed E-state index contributed by atoms with van der Waals surface area (Å²) in [6.07, 6.45) is 3.71. The van der Waals surface area contributed by atoms with Crippen molar-refractivity contribution in [2.75, 3.05) is 11.9 Å². The minimum atomic E-state index is -4.02. The largest absolute Gasteiger partial charge is 0.490 e. The summed E-state index contributed by atoms with van der Waals surface area (Å²) in [6, 6.07) is 12.3. The Morgan fingerprint density at radius 3 is 2.90 bits per heavy atom. The van der Waals surface area contributed by atoms with Crippen molar-refractivity contribution in [1.29, 1.82) is 0 Å². The molecule has 29 heavy (non-hydrogen) atoms. The van der Waals surface area contributed by atoms with Crippen LogP contribution in [0.4, 0.5) is 5.82 Å². The Hall–Kier alpha value is -2.20. The smallest absolute Gasteiger partial charge is 0.333 e. The first-order chi connectivity index (χ1) is 13.9. The van der Waals surface area contributed by atoms with Gasteiger partial charge in [-0.15, -0.1) is 0 Å². The number of aryl methyl sites for hydroxylation is 1. The Morgan fingerprint density at radius 2 is 2.07 bits per heavy atom. The topological polar surface area (TPSA) is 124 Å². The molecule has 2 aliphatic rings. The van der Waals surface area contributed by atoms with E-state index in [4.69, 9.17) is 9.88 Å². The molecule has 9 heteroatoms. The molecule has 0 radical (unpaired) electrons. The molecular weight excluding hydrogens is 394 g/mol. The molecule has 1 unspecified atom stereocenters. The molecule has 0 saturated heterocycles. The second-order valence-electron chi connectivity index (χ2n) is 7.63. The third-order valence-electron chi connectivity index (χ3n) is 5.55. The summed E-state index contributed by atoms with van der Waals surface area (Å²) in [5, 5.41) is 18.5. The van der Waals surface area contributed by atoms with Crippen molar-refractivity contribution < 1.29 is 22.4 Å². The van der Waals surface area contributed by atoms with Gasteiger partial charge in [0.25, 0.3) is 0 Å². The van der Waals surface area contributed by atoms with Crippen molar-refractivity contribution in [1.82, 2.24) is 4.98 Å². The van der Waals surface area contributed by atoms with Crippen molar-refractivity contribution in [2.24, 2.45) is 11.1 Å². The molecule has 0 amide bonds. The van der Waals surface area contributed by atoms with Gasteiger partial charge in [-0.3, -0.25) is 4.18 Å². The maximum atomic E-state index is 11.0. The van der Waals surface area contributed by atoms with Crippen LogP contribution in [0, 0.1) is 5.92 Å². The Kier molecular flexibility index (Phi) is 5.73.